The van der Waals surface area contributed by atoms with Gasteiger partial charge in [-0.2, -0.15) is 0 Å². The van der Waals surface area contributed by atoms with E-state index in [-0.39, 0.29) is 5.91 Å². The molecule has 0 saturated carbocycles. The Hall–Kier alpha value is -2.64. The van der Waals surface area contributed by atoms with E-state index in [0.717, 1.165) is 27.8 Å². The summed E-state index contributed by atoms with van der Waals surface area (Å²) in [4.78, 5) is 31.0. The number of aromatic nitrogens is 1. The van der Waals surface area contributed by atoms with Gasteiger partial charge in [0.25, 0.3) is 5.91 Å². The molecule has 0 atom stereocenters. The molecule has 4 heterocycles. The summed E-state index contributed by atoms with van der Waals surface area (Å²) in [5.41, 5.74) is 2.10. The van der Waals surface area contributed by atoms with Crippen molar-refractivity contribution >= 4 is 34.1 Å². The second-order valence-corrected chi connectivity index (χ2v) is 8.52. The highest BCUT2D eigenvalue weighted by atomic mass is 32.1. The Bertz CT molecular complexity index is 1080. The fourth-order valence-electron chi connectivity index (χ4n) is 4.44. The number of carboxylic acids is 1. The van der Waals surface area contributed by atoms with Crippen LogP contribution in [-0.2, 0) is 16.8 Å². The van der Waals surface area contributed by atoms with Crippen molar-refractivity contribution < 1.29 is 19.4 Å². The second-order valence-electron chi connectivity index (χ2n) is 7.39. The van der Waals surface area contributed by atoms with Crippen LogP contribution < -0.4 is 0 Å². The van der Waals surface area contributed by atoms with E-state index >= 15 is 0 Å². The van der Waals surface area contributed by atoms with Crippen LogP contribution in [0.15, 0.2) is 36.5 Å². The van der Waals surface area contributed by atoms with Crippen molar-refractivity contribution in [3.63, 3.8) is 0 Å². The van der Waals surface area contributed by atoms with Crippen LogP contribution in [0.2, 0.25) is 0 Å². The summed E-state index contributed by atoms with van der Waals surface area (Å²) in [6.45, 7) is 1.78. The molecule has 2 aliphatic heterocycles. The Labute approximate surface area is 165 Å². The van der Waals surface area contributed by atoms with Crippen LogP contribution in [0.5, 0.6) is 0 Å². The third-order valence-electron chi connectivity index (χ3n) is 5.89. The van der Waals surface area contributed by atoms with Gasteiger partial charge in [-0.3, -0.25) is 4.79 Å². The zero-order chi connectivity index (χ0) is 19.3. The number of rotatable bonds is 2. The number of hydrogen-bond acceptors (Lipinski definition) is 4. The molecule has 1 spiro atoms. The number of hydrogen-bond donors (Lipinski definition) is 2. The predicted molar refractivity (Wildman–Crippen MR) is 106 cm³/mol. The zero-order valence-electron chi connectivity index (χ0n) is 15.2. The van der Waals surface area contributed by atoms with Gasteiger partial charge in [-0.05, 0) is 36.6 Å². The van der Waals surface area contributed by atoms with Crippen molar-refractivity contribution in [2.24, 2.45) is 0 Å². The lowest BCUT2D eigenvalue weighted by Crippen LogP contribution is -2.48. The van der Waals surface area contributed by atoms with Gasteiger partial charge in [0.2, 0.25) is 0 Å². The average molecular weight is 396 g/mol. The first-order chi connectivity index (χ1) is 13.6. The Morgan fingerprint density at radius 3 is 2.82 bits per heavy atom. The number of H-pyrrole nitrogens is 1. The number of carboxylic acid groups (broad SMARTS) is 1. The molecule has 5 rings (SSSR count). The number of likely N-dealkylation sites (tertiary alicyclic amines) is 1. The summed E-state index contributed by atoms with van der Waals surface area (Å²) >= 11 is 1.35. The van der Waals surface area contributed by atoms with E-state index in [2.05, 4.69) is 4.98 Å². The number of amides is 1. The van der Waals surface area contributed by atoms with Crippen LogP contribution in [-0.4, -0.2) is 46.6 Å². The van der Waals surface area contributed by atoms with Gasteiger partial charge in [0.15, 0.2) is 0 Å². The van der Waals surface area contributed by atoms with Gasteiger partial charge >= 0.3 is 5.97 Å². The SMILES string of the molecule is O=C(O)c1cc2c(s1)CCOC21CCN(C(=O)c2cccc3cc[nH]c23)CC1. The molecule has 2 N–H and O–H groups in total. The molecule has 6 nitrogen and oxygen atoms in total. The summed E-state index contributed by atoms with van der Waals surface area (Å²) in [7, 11) is 0. The molecule has 2 aliphatic rings. The van der Waals surface area contributed by atoms with Crippen molar-refractivity contribution in [3.05, 3.63) is 57.4 Å². The van der Waals surface area contributed by atoms with Gasteiger partial charge in [-0.25, -0.2) is 4.79 Å². The summed E-state index contributed by atoms with van der Waals surface area (Å²) in [6, 6.07) is 9.49. The number of carbonyl (C=O) groups is 2. The third kappa shape index (κ3) is 2.65. The van der Waals surface area contributed by atoms with Crippen LogP contribution in [0.1, 0.15) is 43.3 Å². The van der Waals surface area contributed by atoms with Crippen molar-refractivity contribution in [1.82, 2.24) is 9.88 Å². The van der Waals surface area contributed by atoms with E-state index in [9.17, 15) is 14.7 Å². The van der Waals surface area contributed by atoms with Gasteiger partial charge in [0, 0.05) is 36.0 Å². The zero-order valence-corrected chi connectivity index (χ0v) is 16.1. The van der Waals surface area contributed by atoms with E-state index in [1.165, 1.54) is 11.3 Å². The number of piperidine rings is 1. The van der Waals surface area contributed by atoms with Gasteiger partial charge in [-0.1, -0.05) is 12.1 Å². The molecule has 0 unspecified atom stereocenters. The van der Waals surface area contributed by atoms with Gasteiger partial charge in [-0.15, -0.1) is 11.3 Å². The Morgan fingerprint density at radius 2 is 2.04 bits per heavy atom. The summed E-state index contributed by atoms with van der Waals surface area (Å²) < 4.78 is 6.19. The number of aromatic carboxylic acids is 1. The molecule has 7 heteroatoms. The van der Waals surface area contributed by atoms with Crippen molar-refractivity contribution in [3.8, 4) is 0 Å². The van der Waals surface area contributed by atoms with Gasteiger partial charge < -0.3 is 19.7 Å². The highest BCUT2D eigenvalue weighted by molar-refractivity contribution is 7.14. The van der Waals surface area contributed by atoms with E-state index in [4.69, 9.17) is 4.74 Å². The molecule has 0 bridgehead atoms. The van der Waals surface area contributed by atoms with Gasteiger partial charge in [0.1, 0.15) is 4.88 Å². The average Bonchev–Trinajstić information content (AvgIpc) is 3.36. The van der Waals surface area contributed by atoms with E-state index < -0.39 is 11.6 Å². The number of aromatic amines is 1. The number of benzene rings is 1. The Morgan fingerprint density at radius 1 is 1.21 bits per heavy atom. The predicted octanol–water partition coefficient (Wildman–Crippen LogP) is 3.63. The topological polar surface area (TPSA) is 82.6 Å². The molecule has 144 valence electrons. The highest BCUT2D eigenvalue weighted by Crippen LogP contribution is 2.44. The maximum absolute atomic E-state index is 13.1. The lowest BCUT2D eigenvalue weighted by atomic mass is 9.82. The molecule has 1 fully saturated rings. The van der Waals surface area contributed by atoms with E-state index in [0.29, 0.717) is 43.0 Å². The van der Waals surface area contributed by atoms with Crippen LogP contribution in [0.25, 0.3) is 10.9 Å². The minimum absolute atomic E-state index is 0.0236. The van der Waals surface area contributed by atoms with Crippen molar-refractivity contribution in [2.45, 2.75) is 24.9 Å². The Kier molecular flexibility index (Phi) is 4.03. The quantitative estimate of drug-likeness (QED) is 0.693. The minimum Gasteiger partial charge on any atom is -0.477 e. The summed E-state index contributed by atoms with van der Waals surface area (Å²) in [6.07, 6.45) is 3.97. The lowest BCUT2D eigenvalue weighted by Gasteiger charge is -2.44. The number of thiophene rings is 1. The summed E-state index contributed by atoms with van der Waals surface area (Å²) in [5.74, 6) is -0.864. The van der Waals surface area contributed by atoms with Gasteiger partial charge in [0.05, 0.1) is 23.3 Å². The maximum atomic E-state index is 13.1. The van der Waals surface area contributed by atoms with Crippen molar-refractivity contribution in [1.29, 1.82) is 0 Å². The van der Waals surface area contributed by atoms with Crippen LogP contribution >= 0.6 is 11.3 Å². The molecule has 0 aliphatic carbocycles. The molecule has 0 radical (unpaired) electrons. The first kappa shape index (κ1) is 17.5. The highest BCUT2D eigenvalue weighted by Gasteiger charge is 2.43. The third-order valence-corrected chi connectivity index (χ3v) is 7.08. The summed E-state index contributed by atoms with van der Waals surface area (Å²) in [5, 5.41) is 10.4. The Balaban J connectivity index is 1.39. The molecule has 2 aromatic heterocycles. The molecule has 1 saturated heterocycles. The number of fused-ring (bicyclic) bond motifs is 3. The number of ether oxygens (including phenoxy) is 1. The first-order valence-electron chi connectivity index (χ1n) is 9.43. The lowest BCUT2D eigenvalue weighted by molar-refractivity contribution is -0.0926. The van der Waals surface area contributed by atoms with Crippen molar-refractivity contribution in [2.75, 3.05) is 19.7 Å². The fraction of sp³-hybridized carbons (Fsp3) is 0.333. The second kappa shape index (κ2) is 6.46. The molecule has 1 amide bonds. The normalized spacial score (nSPS) is 18.4. The number of nitrogens with one attached hydrogen (secondary N) is 1. The monoisotopic (exact) mass is 396 g/mol. The fourth-order valence-corrected chi connectivity index (χ4v) is 5.51. The molecule has 1 aromatic carbocycles. The smallest absolute Gasteiger partial charge is 0.345 e. The van der Waals surface area contributed by atoms with Crippen LogP contribution in [0.4, 0.5) is 0 Å². The van der Waals surface area contributed by atoms with E-state index in [1.807, 2.05) is 35.4 Å². The maximum Gasteiger partial charge on any atom is 0.345 e. The molecular weight excluding hydrogens is 376 g/mol. The molecular formula is C21H20N2O4S. The van der Waals surface area contributed by atoms with Crippen LogP contribution in [0, 0.1) is 0 Å². The van der Waals surface area contributed by atoms with Crippen LogP contribution in [0.3, 0.4) is 0 Å². The largest absolute Gasteiger partial charge is 0.477 e. The van der Waals surface area contributed by atoms with E-state index in [1.54, 1.807) is 6.07 Å². The first-order valence-corrected chi connectivity index (χ1v) is 10.2. The number of para-hydroxylation sites is 1. The standard InChI is InChI=1S/C21H20N2O4S/c24-19(14-3-1-2-13-4-8-22-18(13)14)23-9-6-21(7-10-23)15-12-17(20(25)26)28-16(15)5-11-27-21/h1-4,8,12,22H,5-7,9-11H2,(H,25,26). The number of carbonyl (C=O) groups excluding carboxylic acids is 1. The molecule has 28 heavy (non-hydrogen) atoms. The molecule has 3 aromatic rings. The number of nitrogens with zero attached hydrogens (tertiary/aromatic N) is 1. The minimum atomic E-state index is -0.888.